The van der Waals surface area contributed by atoms with Crippen LogP contribution in [0.25, 0.3) is 0 Å². The van der Waals surface area contributed by atoms with Crippen LogP contribution in [-0.4, -0.2) is 30.6 Å². The summed E-state index contributed by atoms with van der Waals surface area (Å²) in [5.41, 5.74) is 1.85. The van der Waals surface area contributed by atoms with E-state index < -0.39 is 11.9 Å². The zero-order valence-electron chi connectivity index (χ0n) is 11.9. The maximum atomic E-state index is 11.8. The molecule has 0 fully saturated rings. The van der Waals surface area contributed by atoms with E-state index in [0.717, 1.165) is 5.56 Å². The van der Waals surface area contributed by atoms with Crippen LogP contribution in [0.3, 0.4) is 0 Å². The number of ether oxygens (including phenoxy) is 2. The third kappa shape index (κ3) is 3.30. The van der Waals surface area contributed by atoms with Crippen LogP contribution in [0.15, 0.2) is 6.07 Å². The lowest BCUT2D eigenvalue weighted by molar-refractivity contribution is 0.0515. The zero-order chi connectivity index (χ0) is 14.6. The van der Waals surface area contributed by atoms with E-state index in [0.29, 0.717) is 11.3 Å². The molecule has 0 N–H and O–H groups in total. The van der Waals surface area contributed by atoms with Gasteiger partial charge in [0.05, 0.1) is 25.0 Å². The number of methoxy groups -OCH3 is 1. The summed E-state index contributed by atoms with van der Waals surface area (Å²) in [6.45, 7) is 7.58. The molecule has 104 valence electrons. The fourth-order valence-electron chi connectivity index (χ4n) is 1.83. The number of nitrogens with zero attached hydrogens (tertiary/aromatic N) is 1. The molecule has 5 heteroatoms. The highest BCUT2D eigenvalue weighted by Crippen LogP contribution is 2.23. The van der Waals surface area contributed by atoms with E-state index in [1.807, 2.05) is 13.8 Å². The molecular weight excluding hydrogens is 246 g/mol. The Labute approximate surface area is 112 Å². The second-order valence-corrected chi connectivity index (χ2v) is 4.42. The summed E-state index contributed by atoms with van der Waals surface area (Å²) in [5.74, 6) is -0.850. The lowest BCUT2D eigenvalue weighted by Gasteiger charge is -2.14. The molecule has 19 heavy (non-hydrogen) atoms. The minimum atomic E-state index is -0.482. The Morgan fingerprint density at radius 3 is 2.42 bits per heavy atom. The summed E-state index contributed by atoms with van der Waals surface area (Å²) in [7, 11) is 1.32. The quantitative estimate of drug-likeness (QED) is 0.782. The number of carbonyl (C=O) groups excluding carboxylic acids is 2. The van der Waals surface area contributed by atoms with E-state index in [1.54, 1.807) is 19.9 Å². The topological polar surface area (TPSA) is 65.5 Å². The van der Waals surface area contributed by atoms with Gasteiger partial charge >= 0.3 is 11.9 Å². The number of aromatic nitrogens is 1. The lowest BCUT2D eigenvalue weighted by Crippen LogP contribution is -2.15. The van der Waals surface area contributed by atoms with Gasteiger partial charge in [-0.05, 0) is 31.4 Å². The summed E-state index contributed by atoms with van der Waals surface area (Å²) in [6.07, 6.45) is 0. The highest BCUT2D eigenvalue weighted by molar-refractivity contribution is 5.94. The van der Waals surface area contributed by atoms with Gasteiger partial charge in [0.2, 0.25) is 0 Å². The normalized spacial score (nSPS) is 10.4. The van der Waals surface area contributed by atoms with Crippen LogP contribution < -0.4 is 0 Å². The van der Waals surface area contributed by atoms with Gasteiger partial charge in [-0.2, -0.15) is 0 Å². The monoisotopic (exact) mass is 265 g/mol. The molecule has 1 heterocycles. The first-order valence-corrected chi connectivity index (χ1v) is 6.19. The van der Waals surface area contributed by atoms with Gasteiger partial charge in [-0.1, -0.05) is 13.8 Å². The second-order valence-electron chi connectivity index (χ2n) is 4.42. The van der Waals surface area contributed by atoms with Crippen molar-refractivity contribution in [3.63, 3.8) is 0 Å². The van der Waals surface area contributed by atoms with Crippen molar-refractivity contribution in [1.82, 2.24) is 4.98 Å². The number of hydrogen-bond acceptors (Lipinski definition) is 5. The van der Waals surface area contributed by atoms with E-state index >= 15 is 0 Å². The number of hydrogen-bond donors (Lipinski definition) is 0. The molecule has 0 aliphatic rings. The van der Waals surface area contributed by atoms with E-state index in [1.165, 1.54) is 7.11 Å². The van der Waals surface area contributed by atoms with Crippen molar-refractivity contribution < 1.29 is 19.1 Å². The van der Waals surface area contributed by atoms with Crippen LogP contribution in [0.4, 0.5) is 0 Å². The molecular formula is C14H19NO4. The first-order chi connectivity index (χ1) is 8.92. The van der Waals surface area contributed by atoms with Crippen LogP contribution >= 0.6 is 0 Å². The maximum absolute atomic E-state index is 11.8. The van der Waals surface area contributed by atoms with Crippen LogP contribution in [0.2, 0.25) is 0 Å². The van der Waals surface area contributed by atoms with Crippen molar-refractivity contribution in [1.29, 1.82) is 0 Å². The number of pyridine rings is 1. The number of esters is 2. The summed E-state index contributed by atoms with van der Waals surface area (Å²) in [6, 6.07) is 1.60. The predicted molar refractivity (Wildman–Crippen MR) is 70.4 cm³/mol. The molecule has 0 unspecified atom stereocenters. The maximum Gasteiger partial charge on any atom is 0.356 e. The van der Waals surface area contributed by atoms with Crippen molar-refractivity contribution in [2.75, 3.05) is 13.7 Å². The van der Waals surface area contributed by atoms with E-state index in [4.69, 9.17) is 9.47 Å². The number of aryl methyl sites for hydroxylation is 1. The van der Waals surface area contributed by atoms with Gasteiger partial charge in [-0.25, -0.2) is 14.6 Å². The SMILES string of the molecule is CCOC(=O)c1cc(C(C)C)c(C(=O)OC)c(C)n1. The fraction of sp³-hybridized carbons (Fsp3) is 0.500. The molecule has 1 aromatic heterocycles. The average molecular weight is 265 g/mol. The molecule has 0 aliphatic heterocycles. The predicted octanol–water partition coefficient (Wildman–Crippen LogP) is 2.48. The van der Waals surface area contributed by atoms with Gasteiger partial charge in [-0.15, -0.1) is 0 Å². The van der Waals surface area contributed by atoms with E-state index in [9.17, 15) is 9.59 Å². The van der Waals surface area contributed by atoms with E-state index in [-0.39, 0.29) is 18.2 Å². The largest absolute Gasteiger partial charge is 0.465 e. The lowest BCUT2D eigenvalue weighted by atomic mass is 9.95. The molecule has 0 amide bonds. The van der Waals surface area contributed by atoms with Crippen molar-refractivity contribution in [3.05, 3.63) is 28.6 Å². The van der Waals surface area contributed by atoms with Crippen LogP contribution in [0.5, 0.6) is 0 Å². The fourth-order valence-corrected chi connectivity index (χ4v) is 1.83. The Morgan fingerprint density at radius 1 is 1.32 bits per heavy atom. The van der Waals surface area contributed by atoms with Crippen molar-refractivity contribution >= 4 is 11.9 Å². The molecule has 0 saturated heterocycles. The Hall–Kier alpha value is -1.91. The van der Waals surface area contributed by atoms with Gasteiger partial charge in [0.25, 0.3) is 0 Å². The molecule has 0 saturated carbocycles. The Kier molecular flexibility index (Phi) is 5.03. The van der Waals surface area contributed by atoms with Crippen LogP contribution in [0.1, 0.15) is 58.8 Å². The summed E-state index contributed by atoms with van der Waals surface area (Å²) >= 11 is 0. The van der Waals surface area contributed by atoms with Gasteiger partial charge < -0.3 is 9.47 Å². The smallest absolute Gasteiger partial charge is 0.356 e. The first kappa shape index (κ1) is 15.1. The Bertz CT molecular complexity index is 494. The highest BCUT2D eigenvalue weighted by Gasteiger charge is 2.22. The molecule has 0 bridgehead atoms. The zero-order valence-corrected chi connectivity index (χ0v) is 11.9. The molecule has 0 aliphatic carbocycles. The van der Waals surface area contributed by atoms with Crippen molar-refractivity contribution in [3.8, 4) is 0 Å². The number of rotatable bonds is 4. The minimum Gasteiger partial charge on any atom is -0.465 e. The highest BCUT2D eigenvalue weighted by atomic mass is 16.5. The Balaban J connectivity index is 3.37. The van der Waals surface area contributed by atoms with Gasteiger partial charge in [-0.3, -0.25) is 0 Å². The number of carbonyl (C=O) groups is 2. The summed E-state index contributed by atoms with van der Waals surface area (Å²) in [5, 5.41) is 0. The van der Waals surface area contributed by atoms with Gasteiger partial charge in [0.15, 0.2) is 0 Å². The Morgan fingerprint density at radius 2 is 1.95 bits per heavy atom. The molecule has 1 rings (SSSR count). The average Bonchev–Trinajstić information content (AvgIpc) is 2.37. The molecule has 0 atom stereocenters. The molecule has 1 aromatic rings. The molecule has 0 radical (unpaired) electrons. The van der Waals surface area contributed by atoms with Crippen LogP contribution in [-0.2, 0) is 9.47 Å². The molecule has 5 nitrogen and oxygen atoms in total. The summed E-state index contributed by atoms with van der Waals surface area (Å²) < 4.78 is 9.69. The molecule has 0 aromatic carbocycles. The van der Waals surface area contributed by atoms with E-state index in [2.05, 4.69) is 4.98 Å². The second kappa shape index (κ2) is 6.31. The third-order valence-electron chi connectivity index (χ3n) is 2.73. The van der Waals surface area contributed by atoms with Gasteiger partial charge in [0.1, 0.15) is 5.69 Å². The van der Waals surface area contributed by atoms with Crippen molar-refractivity contribution in [2.24, 2.45) is 0 Å². The standard InChI is InChI=1S/C14H19NO4/c1-6-19-13(16)11-7-10(8(2)3)12(9(4)15-11)14(17)18-5/h7-8H,6H2,1-5H3. The first-order valence-electron chi connectivity index (χ1n) is 6.19. The van der Waals surface area contributed by atoms with Gasteiger partial charge in [0, 0.05) is 0 Å². The van der Waals surface area contributed by atoms with Crippen molar-refractivity contribution in [2.45, 2.75) is 33.6 Å². The third-order valence-corrected chi connectivity index (χ3v) is 2.73. The minimum absolute atomic E-state index is 0.0731. The summed E-state index contributed by atoms with van der Waals surface area (Å²) in [4.78, 5) is 27.6. The van der Waals surface area contributed by atoms with Crippen LogP contribution in [0, 0.1) is 6.92 Å². The molecule has 0 spiro atoms.